The van der Waals surface area contributed by atoms with Crippen molar-refractivity contribution in [1.82, 2.24) is 9.78 Å². The number of methoxy groups -OCH3 is 2. The zero-order chi connectivity index (χ0) is 17.1. The minimum Gasteiger partial charge on any atom is -0.497 e. The molecule has 128 valence electrons. The predicted octanol–water partition coefficient (Wildman–Crippen LogP) is 2.14. The third kappa shape index (κ3) is 3.15. The van der Waals surface area contributed by atoms with Crippen LogP contribution in [0.5, 0.6) is 11.5 Å². The number of benzene rings is 1. The quantitative estimate of drug-likeness (QED) is 0.879. The predicted molar refractivity (Wildman–Crippen MR) is 91.8 cm³/mol. The van der Waals surface area contributed by atoms with Crippen LogP contribution in [-0.4, -0.2) is 42.5 Å². The third-order valence-corrected chi connectivity index (χ3v) is 4.15. The van der Waals surface area contributed by atoms with Gasteiger partial charge in [0.05, 0.1) is 31.8 Å². The van der Waals surface area contributed by atoms with Crippen LogP contribution in [0.25, 0.3) is 0 Å². The molecule has 1 aromatic carbocycles. The molecule has 7 nitrogen and oxygen atoms in total. The standard InChI is InChI=1S/C17H22N4O3/c1-4-20-11-12(10-18-20)19-16-5-6-21(17(16)22)13-7-14(23-2)9-15(8-13)24-3/h7-11,16,19H,4-6H2,1-3H3/t16-/m1/s1. The molecule has 1 atom stereocenters. The summed E-state index contributed by atoms with van der Waals surface area (Å²) in [6, 6.07) is 5.23. The average Bonchev–Trinajstić information content (AvgIpc) is 3.22. The Morgan fingerprint density at radius 3 is 2.54 bits per heavy atom. The zero-order valence-corrected chi connectivity index (χ0v) is 14.2. The molecular formula is C17H22N4O3. The normalized spacial score (nSPS) is 17.2. The van der Waals surface area contributed by atoms with E-state index in [2.05, 4.69) is 10.4 Å². The lowest BCUT2D eigenvalue weighted by Gasteiger charge is -2.19. The number of hydrogen-bond donors (Lipinski definition) is 1. The maximum Gasteiger partial charge on any atom is 0.249 e. The van der Waals surface area contributed by atoms with Crippen molar-refractivity contribution in [2.24, 2.45) is 0 Å². The first-order chi connectivity index (χ1) is 11.6. The van der Waals surface area contributed by atoms with Gasteiger partial charge in [0.1, 0.15) is 17.5 Å². The van der Waals surface area contributed by atoms with Gasteiger partial charge in [0.15, 0.2) is 0 Å². The molecule has 1 amide bonds. The Hall–Kier alpha value is -2.70. The van der Waals surface area contributed by atoms with E-state index in [1.54, 1.807) is 31.4 Å². The molecule has 1 aliphatic heterocycles. The van der Waals surface area contributed by atoms with Crippen LogP contribution in [0.4, 0.5) is 11.4 Å². The second kappa shape index (κ2) is 6.82. The number of nitrogens with zero attached hydrogens (tertiary/aromatic N) is 3. The first kappa shape index (κ1) is 16.2. The first-order valence-corrected chi connectivity index (χ1v) is 7.98. The number of carbonyl (C=O) groups excluding carboxylic acids is 1. The van der Waals surface area contributed by atoms with E-state index in [4.69, 9.17) is 9.47 Å². The van der Waals surface area contributed by atoms with Crippen LogP contribution in [-0.2, 0) is 11.3 Å². The summed E-state index contributed by atoms with van der Waals surface area (Å²) >= 11 is 0. The molecule has 2 aromatic rings. The van der Waals surface area contributed by atoms with Crippen molar-refractivity contribution in [2.75, 3.05) is 31.0 Å². The highest BCUT2D eigenvalue weighted by atomic mass is 16.5. The summed E-state index contributed by atoms with van der Waals surface area (Å²) in [5.41, 5.74) is 1.64. The number of aryl methyl sites for hydroxylation is 1. The first-order valence-electron chi connectivity index (χ1n) is 7.98. The summed E-state index contributed by atoms with van der Waals surface area (Å²) in [4.78, 5) is 14.5. The van der Waals surface area contributed by atoms with E-state index in [0.29, 0.717) is 18.0 Å². The number of ether oxygens (including phenoxy) is 2. The molecule has 1 aliphatic rings. The van der Waals surface area contributed by atoms with Crippen molar-refractivity contribution in [2.45, 2.75) is 25.9 Å². The van der Waals surface area contributed by atoms with Crippen molar-refractivity contribution >= 4 is 17.3 Å². The summed E-state index contributed by atoms with van der Waals surface area (Å²) in [7, 11) is 3.19. The molecule has 1 fully saturated rings. The molecule has 1 saturated heterocycles. The fourth-order valence-electron chi connectivity index (χ4n) is 2.83. The SMILES string of the molecule is CCn1cc(N[C@@H]2CCN(c3cc(OC)cc(OC)c3)C2=O)cn1. The fraction of sp³-hybridized carbons (Fsp3) is 0.412. The van der Waals surface area contributed by atoms with Gasteiger partial charge in [0.25, 0.3) is 0 Å². The largest absolute Gasteiger partial charge is 0.497 e. The van der Waals surface area contributed by atoms with Crippen LogP contribution in [0.15, 0.2) is 30.6 Å². The topological polar surface area (TPSA) is 68.6 Å². The summed E-state index contributed by atoms with van der Waals surface area (Å²) in [6.45, 7) is 3.47. The Labute approximate surface area is 141 Å². The lowest BCUT2D eigenvalue weighted by atomic mass is 10.2. The van der Waals surface area contributed by atoms with Crippen LogP contribution < -0.4 is 19.7 Å². The minimum absolute atomic E-state index is 0.0366. The Bertz CT molecular complexity index is 706. The third-order valence-electron chi connectivity index (χ3n) is 4.15. The molecule has 0 saturated carbocycles. The second-order valence-corrected chi connectivity index (χ2v) is 5.63. The van der Waals surface area contributed by atoms with E-state index in [9.17, 15) is 4.79 Å². The van der Waals surface area contributed by atoms with Gasteiger partial charge in [-0.1, -0.05) is 0 Å². The summed E-state index contributed by atoms with van der Waals surface area (Å²) in [5, 5.41) is 7.49. The molecule has 24 heavy (non-hydrogen) atoms. The zero-order valence-electron chi connectivity index (χ0n) is 14.2. The number of hydrogen-bond acceptors (Lipinski definition) is 5. The maximum absolute atomic E-state index is 12.7. The number of nitrogens with one attached hydrogen (secondary N) is 1. The Kier molecular flexibility index (Phi) is 4.59. The van der Waals surface area contributed by atoms with Crippen molar-refractivity contribution < 1.29 is 14.3 Å². The smallest absolute Gasteiger partial charge is 0.249 e. The molecule has 1 N–H and O–H groups in total. The summed E-state index contributed by atoms with van der Waals surface area (Å²) in [6.07, 6.45) is 4.38. The van der Waals surface area contributed by atoms with Crippen molar-refractivity contribution in [3.05, 3.63) is 30.6 Å². The maximum atomic E-state index is 12.7. The molecule has 1 aromatic heterocycles. The second-order valence-electron chi connectivity index (χ2n) is 5.63. The van der Waals surface area contributed by atoms with Crippen molar-refractivity contribution in [1.29, 1.82) is 0 Å². The van der Waals surface area contributed by atoms with Gasteiger partial charge < -0.3 is 19.7 Å². The van der Waals surface area contributed by atoms with Gasteiger partial charge in [-0.05, 0) is 13.3 Å². The molecule has 0 aliphatic carbocycles. The molecule has 0 radical (unpaired) electrons. The van der Waals surface area contributed by atoms with E-state index < -0.39 is 0 Å². The Morgan fingerprint density at radius 2 is 1.96 bits per heavy atom. The van der Waals surface area contributed by atoms with Gasteiger partial charge in [-0.25, -0.2) is 0 Å². The van der Waals surface area contributed by atoms with E-state index in [0.717, 1.165) is 24.3 Å². The lowest BCUT2D eigenvalue weighted by molar-refractivity contribution is -0.117. The highest BCUT2D eigenvalue weighted by Crippen LogP contribution is 2.31. The number of aromatic nitrogens is 2. The molecule has 2 heterocycles. The molecule has 7 heteroatoms. The van der Waals surface area contributed by atoms with E-state index >= 15 is 0 Å². The number of carbonyl (C=O) groups is 1. The number of amides is 1. The highest BCUT2D eigenvalue weighted by Gasteiger charge is 2.33. The molecule has 0 bridgehead atoms. The summed E-state index contributed by atoms with van der Waals surface area (Å²) < 4.78 is 12.4. The molecule has 3 rings (SSSR count). The molecule has 0 unspecified atom stereocenters. The van der Waals surface area contributed by atoms with Gasteiger partial charge in [-0.2, -0.15) is 5.10 Å². The average molecular weight is 330 g/mol. The van der Waals surface area contributed by atoms with Crippen molar-refractivity contribution in [3.8, 4) is 11.5 Å². The lowest BCUT2D eigenvalue weighted by Crippen LogP contribution is -2.33. The Balaban J connectivity index is 1.76. The molecule has 0 spiro atoms. The van der Waals surface area contributed by atoms with Crippen LogP contribution in [0.3, 0.4) is 0 Å². The summed E-state index contributed by atoms with van der Waals surface area (Å²) in [5.74, 6) is 1.37. The Morgan fingerprint density at radius 1 is 1.25 bits per heavy atom. The molecular weight excluding hydrogens is 308 g/mol. The van der Waals surface area contributed by atoms with E-state index in [1.807, 2.05) is 29.9 Å². The number of rotatable bonds is 6. The number of anilines is 2. The highest BCUT2D eigenvalue weighted by molar-refractivity contribution is 6.01. The van der Waals surface area contributed by atoms with Crippen molar-refractivity contribution in [3.63, 3.8) is 0 Å². The minimum atomic E-state index is -0.253. The van der Waals surface area contributed by atoms with Crippen LogP contribution in [0, 0.1) is 0 Å². The van der Waals surface area contributed by atoms with Crippen LogP contribution in [0.2, 0.25) is 0 Å². The van der Waals surface area contributed by atoms with E-state index in [1.165, 1.54) is 0 Å². The van der Waals surface area contributed by atoms with Crippen LogP contribution in [0.1, 0.15) is 13.3 Å². The van der Waals surface area contributed by atoms with Crippen LogP contribution >= 0.6 is 0 Å². The van der Waals surface area contributed by atoms with Gasteiger partial charge in [0, 0.05) is 37.5 Å². The monoisotopic (exact) mass is 330 g/mol. The van der Waals surface area contributed by atoms with Gasteiger partial charge in [-0.3, -0.25) is 9.48 Å². The van der Waals surface area contributed by atoms with Gasteiger partial charge >= 0.3 is 0 Å². The van der Waals surface area contributed by atoms with E-state index in [-0.39, 0.29) is 11.9 Å². The van der Waals surface area contributed by atoms with Gasteiger partial charge in [0.2, 0.25) is 5.91 Å². The fourth-order valence-corrected chi connectivity index (χ4v) is 2.83. The van der Waals surface area contributed by atoms with Gasteiger partial charge in [-0.15, -0.1) is 0 Å².